The second-order valence-corrected chi connectivity index (χ2v) is 5.35. The van der Waals surface area contributed by atoms with Crippen LogP contribution >= 0.6 is 0 Å². The van der Waals surface area contributed by atoms with Crippen molar-refractivity contribution in [3.8, 4) is 0 Å². The van der Waals surface area contributed by atoms with Gasteiger partial charge in [0.1, 0.15) is 0 Å². The molecule has 1 aliphatic rings. The third-order valence-corrected chi connectivity index (χ3v) is 3.78. The molecule has 2 N–H and O–H groups in total. The van der Waals surface area contributed by atoms with E-state index in [1.807, 2.05) is 13.8 Å². The lowest BCUT2D eigenvalue weighted by Gasteiger charge is -2.30. The van der Waals surface area contributed by atoms with E-state index in [9.17, 15) is 18.0 Å². The molecule has 3 nitrogen and oxygen atoms in total. The normalized spacial score (nSPS) is 25.9. The van der Waals surface area contributed by atoms with Gasteiger partial charge in [-0.1, -0.05) is 6.92 Å². The first-order chi connectivity index (χ1) is 8.82. The molecule has 0 aromatic rings. The summed E-state index contributed by atoms with van der Waals surface area (Å²) in [5.41, 5.74) is 0. The average Bonchev–Trinajstić information content (AvgIpc) is 2.35. The molecule has 0 spiro atoms. The molecule has 0 saturated heterocycles. The highest BCUT2D eigenvalue weighted by atomic mass is 19.4. The Balaban J connectivity index is 2.24. The molecule has 1 saturated carbocycles. The average molecular weight is 280 g/mol. The van der Waals surface area contributed by atoms with E-state index in [1.165, 1.54) is 0 Å². The van der Waals surface area contributed by atoms with Gasteiger partial charge in [-0.3, -0.25) is 4.79 Å². The summed E-state index contributed by atoms with van der Waals surface area (Å²) in [4.78, 5) is 11.6. The van der Waals surface area contributed by atoms with Crippen molar-refractivity contribution in [2.45, 2.75) is 64.2 Å². The molecule has 6 heteroatoms. The smallest absolute Gasteiger partial charge is 0.352 e. The summed E-state index contributed by atoms with van der Waals surface area (Å²) in [6.07, 6.45) is -2.09. The van der Waals surface area contributed by atoms with Gasteiger partial charge in [0.15, 0.2) is 0 Å². The molecular weight excluding hydrogens is 257 g/mol. The molecule has 19 heavy (non-hydrogen) atoms. The fourth-order valence-electron chi connectivity index (χ4n) is 2.26. The van der Waals surface area contributed by atoms with E-state index in [1.54, 1.807) is 0 Å². The summed E-state index contributed by atoms with van der Waals surface area (Å²) < 4.78 is 37.4. The second kappa shape index (κ2) is 7.12. The van der Waals surface area contributed by atoms with Crippen molar-refractivity contribution in [3.63, 3.8) is 0 Å². The molecule has 0 aromatic carbocycles. The molecule has 0 bridgehead atoms. The van der Waals surface area contributed by atoms with E-state index >= 15 is 0 Å². The number of hydrogen-bond donors (Lipinski definition) is 2. The van der Waals surface area contributed by atoms with E-state index in [-0.39, 0.29) is 37.4 Å². The first-order valence-corrected chi connectivity index (χ1v) is 6.92. The van der Waals surface area contributed by atoms with Crippen molar-refractivity contribution in [3.05, 3.63) is 0 Å². The monoisotopic (exact) mass is 280 g/mol. The van der Waals surface area contributed by atoms with E-state index in [0.29, 0.717) is 12.8 Å². The Morgan fingerprint density at radius 3 is 2.32 bits per heavy atom. The minimum Gasteiger partial charge on any atom is -0.352 e. The number of carbonyl (C=O) groups is 1. The minimum absolute atomic E-state index is 0.107. The zero-order chi connectivity index (χ0) is 14.5. The van der Waals surface area contributed by atoms with E-state index in [0.717, 1.165) is 6.42 Å². The molecule has 1 rings (SSSR count). The highest BCUT2D eigenvalue weighted by Gasteiger charge is 2.41. The Morgan fingerprint density at radius 2 is 1.84 bits per heavy atom. The van der Waals surface area contributed by atoms with E-state index in [2.05, 4.69) is 10.6 Å². The highest BCUT2D eigenvalue weighted by Crippen LogP contribution is 2.37. The summed E-state index contributed by atoms with van der Waals surface area (Å²) in [6, 6.07) is 0.163. The molecular formula is C13H23F3N2O. The van der Waals surface area contributed by atoms with E-state index in [4.69, 9.17) is 0 Å². The van der Waals surface area contributed by atoms with Crippen molar-refractivity contribution in [1.29, 1.82) is 0 Å². The van der Waals surface area contributed by atoms with Crippen molar-refractivity contribution in [2.24, 2.45) is 5.92 Å². The Kier molecular flexibility index (Phi) is 6.10. The number of rotatable bonds is 5. The van der Waals surface area contributed by atoms with Gasteiger partial charge in [-0.15, -0.1) is 0 Å². The number of halogens is 3. The lowest BCUT2D eigenvalue weighted by Crippen LogP contribution is -2.44. The maximum Gasteiger partial charge on any atom is 0.391 e. The van der Waals surface area contributed by atoms with Crippen molar-refractivity contribution in [1.82, 2.24) is 10.6 Å². The van der Waals surface area contributed by atoms with Gasteiger partial charge in [-0.05, 0) is 39.0 Å². The molecule has 1 fully saturated rings. The molecule has 0 aliphatic heterocycles. The van der Waals surface area contributed by atoms with Crippen molar-refractivity contribution in [2.75, 3.05) is 6.54 Å². The Labute approximate surface area is 112 Å². The molecule has 1 atom stereocenters. The van der Waals surface area contributed by atoms with Crippen molar-refractivity contribution < 1.29 is 18.0 Å². The highest BCUT2D eigenvalue weighted by molar-refractivity contribution is 5.78. The summed E-state index contributed by atoms with van der Waals surface area (Å²) in [5, 5.41) is 5.86. The predicted molar refractivity (Wildman–Crippen MR) is 67.7 cm³/mol. The van der Waals surface area contributed by atoms with Crippen LogP contribution in [0.25, 0.3) is 0 Å². The summed E-state index contributed by atoms with van der Waals surface area (Å²) in [6.45, 7) is 4.24. The van der Waals surface area contributed by atoms with Crippen LogP contribution in [0.15, 0.2) is 0 Å². The number of carbonyl (C=O) groups excluding carboxylic acids is 1. The van der Waals surface area contributed by atoms with Crippen LogP contribution in [0.2, 0.25) is 0 Å². The van der Waals surface area contributed by atoms with Gasteiger partial charge in [0.25, 0.3) is 0 Å². The predicted octanol–water partition coefficient (Wildman–Crippen LogP) is 2.61. The topological polar surface area (TPSA) is 41.1 Å². The molecule has 1 amide bonds. The van der Waals surface area contributed by atoms with Crippen LogP contribution in [0.1, 0.15) is 46.0 Å². The fraction of sp³-hybridized carbons (Fsp3) is 0.923. The number of alkyl halides is 3. The maximum atomic E-state index is 12.5. The summed E-state index contributed by atoms with van der Waals surface area (Å²) >= 11 is 0. The Hall–Kier alpha value is -0.780. The summed E-state index contributed by atoms with van der Waals surface area (Å²) in [7, 11) is 0. The largest absolute Gasteiger partial charge is 0.391 e. The number of amides is 1. The van der Waals surface area contributed by atoms with Gasteiger partial charge >= 0.3 is 6.18 Å². The maximum absolute atomic E-state index is 12.5. The van der Waals surface area contributed by atoms with Crippen LogP contribution in [-0.4, -0.2) is 30.7 Å². The molecule has 0 aromatic heterocycles. The van der Waals surface area contributed by atoms with Crippen molar-refractivity contribution >= 4 is 5.91 Å². The van der Waals surface area contributed by atoms with Crippen LogP contribution in [0.5, 0.6) is 0 Å². The third kappa shape index (κ3) is 5.80. The van der Waals surface area contributed by atoms with E-state index < -0.39 is 12.1 Å². The van der Waals surface area contributed by atoms with Gasteiger partial charge in [0.2, 0.25) is 5.91 Å². The van der Waals surface area contributed by atoms with Gasteiger partial charge in [0, 0.05) is 12.1 Å². The van der Waals surface area contributed by atoms with Crippen LogP contribution in [0.4, 0.5) is 13.2 Å². The quantitative estimate of drug-likeness (QED) is 0.813. The second-order valence-electron chi connectivity index (χ2n) is 5.35. The standard InChI is InChI=1S/C13H23F3N2O/c1-3-9(2)17-8-12(19)18-11-6-4-10(5-7-11)13(14,15)16/h9-11,17H,3-8H2,1-2H3,(H,18,19). The zero-order valence-corrected chi connectivity index (χ0v) is 11.5. The third-order valence-electron chi connectivity index (χ3n) is 3.78. The van der Waals surface area contributed by atoms with Crippen LogP contribution in [-0.2, 0) is 4.79 Å². The lowest BCUT2D eigenvalue weighted by atomic mass is 9.85. The molecule has 1 aliphatic carbocycles. The van der Waals surface area contributed by atoms with Gasteiger partial charge < -0.3 is 10.6 Å². The van der Waals surface area contributed by atoms with Crippen LogP contribution in [0.3, 0.4) is 0 Å². The van der Waals surface area contributed by atoms with Crippen LogP contribution in [0, 0.1) is 5.92 Å². The van der Waals surface area contributed by atoms with Crippen LogP contribution < -0.4 is 10.6 Å². The molecule has 0 radical (unpaired) electrons. The Bertz CT molecular complexity index is 286. The van der Waals surface area contributed by atoms with Gasteiger partial charge in [-0.25, -0.2) is 0 Å². The molecule has 0 heterocycles. The van der Waals surface area contributed by atoms with Gasteiger partial charge in [-0.2, -0.15) is 13.2 Å². The zero-order valence-electron chi connectivity index (χ0n) is 11.5. The first kappa shape index (κ1) is 16.3. The summed E-state index contributed by atoms with van der Waals surface area (Å²) in [5.74, 6) is -1.32. The SMILES string of the molecule is CCC(C)NCC(=O)NC1CCC(C(F)(F)F)CC1. The number of nitrogens with one attached hydrogen (secondary N) is 2. The fourth-order valence-corrected chi connectivity index (χ4v) is 2.26. The minimum atomic E-state index is -4.09. The van der Waals surface area contributed by atoms with Gasteiger partial charge in [0.05, 0.1) is 12.5 Å². The molecule has 112 valence electrons. The molecule has 1 unspecified atom stereocenters. The Morgan fingerprint density at radius 1 is 1.26 bits per heavy atom. The number of hydrogen-bond acceptors (Lipinski definition) is 2. The first-order valence-electron chi connectivity index (χ1n) is 6.92. The lowest BCUT2D eigenvalue weighted by molar-refractivity contribution is -0.182.